The Bertz CT molecular complexity index is 964. The lowest BCUT2D eigenvalue weighted by atomic mass is 9.83. The van der Waals surface area contributed by atoms with Gasteiger partial charge in [-0.15, -0.1) is 0 Å². The summed E-state index contributed by atoms with van der Waals surface area (Å²) in [7, 11) is 0. The molecule has 0 saturated carbocycles. The number of nitrogens with one attached hydrogen (secondary N) is 2. The van der Waals surface area contributed by atoms with Crippen molar-refractivity contribution in [2.45, 2.75) is 64.3 Å². The molecule has 3 N–H and O–H groups in total. The highest BCUT2D eigenvalue weighted by Gasteiger charge is 2.40. The smallest absolute Gasteiger partial charge is 0.224 e. The zero-order chi connectivity index (χ0) is 23.5. The third-order valence-electron chi connectivity index (χ3n) is 5.95. The van der Waals surface area contributed by atoms with Crippen LogP contribution in [0.15, 0.2) is 53.0 Å². The number of aliphatic hydroxyl groups excluding tert-OH is 1. The van der Waals surface area contributed by atoms with Gasteiger partial charge in [-0.05, 0) is 56.0 Å². The molecule has 0 saturated heterocycles. The highest BCUT2D eigenvalue weighted by Crippen LogP contribution is 2.43. The molecule has 1 heterocycles. The van der Waals surface area contributed by atoms with Gasteiger partial charge in [0.05, 0.1) is 12.1 Å². The average Bonchev–Trinajstić information content (AvgIpc) is 2.71. The van der Waals surface area contributed by atoms with Gasteiger partial charge in [-0.2, -0.15) is 0 Å². The first kappa shape index (κ1) is 24.4. The lowest BCUT2D eigenvalue weighted by Gasteiger charge is -2.46. The van der Waals surface area contributed by atoms with Crippen LogP contribution < -0.4 is 15.5 Å². The molecule has 0 radical (unpaired) electrons. The fourth-order valence-electron chi connectivity index (χ4n) is 4.63. The molecule has 2 aromatic carbocycles. The van der Waals surface area contributed by atoms with E-state index >= 15 is 0 Å². The van der Waals surface area contributed by atoms with E-state index in [1.165, 1.54) is 6.92 Å². The van der Waals surface area contributed by atoms with Crippen LogP contribution in [0, 0.1) is 0 Å². The van der Waals surface area contributed by atoms with Crippen LogP contribution in [0.3, 0.4) is 0 Å². The molecule has 2 aromatic rings. The molecule has 1 aliphatic rings. The van der Waals surface area contributed by atoms with Gasteiger partial charge < -0.3 is 20.6 Å². The molecule has 2 amide bonds. The summed E-state index contributed by atoms with van der Waals surface area (Å²) in [6.45, 7) is 7.48. The molecule has 172 valence electrons. The van der Waals surface area contributed by atoms with Gasteiger partial charge in [0.15, 0.2) is 0 Å². The third-order valence-corrected chi connectivity index (χ3v) is 6.45. The van der Waals surface area contributed by atoms with E-state index < -0.39 is 12.1 Å². The zero-order valence-corrected chi connectivity index (χ0v) is 20.6. The molecule has 6 nitrogen and oxygen atoms in total. The summed E-state index contributed by atoms with van der Waals surface area (Å²) >= 11 is 3.54. The van der Waals surface area contributed by atoms with Crippen molar-refractivity contribution in [2.75, 3.05) is 11.4 Å². The Morgan fingerprint density at radius 3 is 2.50 bits per heavy atom. The summed E-state index contributed by atoms with van der Waals surface area (Å²) in [6.07, 6.45) is 0.468. The molecule has 1 aliphatic heterocycles. The number of anilines is 1. The quantitative estimate of drug-likeness (QED) is 0.539. The average molecular weight is 502 g/mol. The zero-order valence-electron chi connectivity index (χ0n) is 19.1. The summed E-state index contributed by atoms with van der Waals surface area (Å²) in [5.74, 6) is -0.166. The highest BCUT2D eigenvalue weighted by atomic mass is 79.9. The van der Waals surface area contributed by atoms with Crippen molar-refractivity contribution in [2.24, 2.45) is 0 Å². The molecule has 0 fully saturated rings. The number of hydrogen-bond donors (Lipinski definition) is 3. The van der Waals surface area contributed by atoms with Gasteiger partial charge in [0, 0.05) is 42.1 Å². The maximum Gasteiger partial charge on any atom is 0.224 e. The number of aliphatic hydroxyl groups is 1. The van der Waals surface area contributed by atoms with E-state index in [9.17, 15) is 14.7 Å². The Labute approximate surface area is 198 Å². The molecule has 0 aromatic heterocycles. The third kappa shape index (κ3) is 5.77. The van der Waals surface area contributed by atoms with E-state index in [4.69, 9.17) is 0 Å². The van der Waals surface area contributed by atoms with Crippen LogP contribution >= 0.6 is 15.9 Å². The van der Waals surface area contributed by atoms with Crippen LogP contribution in [-0.2, 0) is 16.0 Å². The molecule has 0 bridgehead atoms. The van der Waals surface area contributed by atoms with Crippen molar-refractivity contribution >= 4 is 33.4 Å². The summed E-state index contributed by atoms with van der Waals surface area (Å²) in [5.41, 5.74) is 2.57. The Hall–Kier alpha value is -2.22. The second-order valence-electron chi connectivity index (χ2n) is 9.10. The van der Waals surface area contributed by atoms with Crippen molar-refractivity contribution in [1.29, 1.82) is 0 Å². The van der Waals surface area contributed by atoms with E-state index in [2.05, 4.69) is 40.4 Å². The number of benzene rings is 2. The van der Waals surface area contributed by atoms with Crippen LogP contribution in [0.25, 0.3) is 0 Å². The number of amides is 2. The van der Waals surface area contributed by atoms with Crippen LogP contribution in [0.5, 0.6) is 0 Å². The Morgan fingerprint density at radius 2 is 1.88 bits per heavy atom. The van der Waals surface area contributed by atoms with Gasteiger partial charge in [-0.3, -0.25) is 9.59 Å². The van der Waals surface area contributed by atoms with Gasteiger partial charge in [0.25, 0.3) is 0 Å². The number of fused-ring (bicyclic) bond motifs is 1. The first-order valence-corrected chi connectivity index (χ1v) is 11.7. The van der Waals surface area contributed by atoms with Crippen molar-refractivity contribution in [3.8, 4) is 0 Å². The molecule has 3 atom stereocenters. The van der Waals surface area contributed by atoms with Crippen LogP contribution in [-0.4, -0.2) is 41.2 Å². The molecule has 32 heavy (non-hydrogen) atoms. The number of hydrogen-bond acceptors (Lipinski definition) is 4. The topological polar surface area (TPSA) is 81.7 Å². The van der Waals surface area contributed by atoms with E-state index in [-0.39, 0.29) is 23.4 Å². The minimum atomic E-state index is -0.774. The fourth-order valence-corrected chi connectivity index (χ4v) is 5.01. The molecular weight excluding hydrogens is 470 g/mol. The fraction of sp³-hybridized carbons (Fsp3) is 0.440. The molecule has 7 heteroatoms. The minimum Gasteiger partial charge on any atom is -0.390 e. The van der Waals surface area contributed by atoms with Crippen LogP contribution in [0.4, 0.5) is 5.69 Å². The standard InChI is InChI=1S/C25H32BrN3O3/c1-16(30)28-21(12-18-8-6-5-7-9-18)24(32)15-27-22-14-25(3,4)29(17(2)31)23-11-10-19(26)13-20(22)23/h5-11,13,21-22,24,27,32H,12,14-15H2,1-4H3,(H,28,30)/t21-,22+,24+/m0/s1. The van der Waals surface area contributed by atoms with E-state index in [1.807, 2.05) is 53.4 Å². The number of halogens is 1. The lowest BCUT2D eigenvalue weighted by Crippen LogP contribution is -2.54. The maximum atomic E-state index is 12.4. The summed E-state index contributed by atoms with van der Waals surface area (Å²) in [5, 5.41) is 17.4. The van der Waals surface area contributed by atoms with Gasteiger partial charge in [0.1, 0.15) is 0 Å². The monoisotopic (exact) mass is 501 g/mol. The number of carbonyl (C=O) groups excluding carboxylic acids is 2. The molecule has 3 rings (SSSR count). The molecule has 0 spiro atoms. The van der Waals surface area contributed by atoms with Gasteiger partial charge in [-0.1, -0.05) is 46.3 Å². The van der Waals surface area contributed by atoms with Crippen molar-refractivity contribution in [3.63, 3.8) is 0 Å². The van der Waals surface area contributed by atoms with Crippen molar-refractivity contribution in [3.05, 3.63) is 64.1 Å². The summed E-state index contributed by atoms with van der Waals surface area (Å²) in [4.78, 5) is 26.0. The van der Waals surface area contributed by atoms with Gasteiger partial charge >= 0.3 is 0 Å². The number of nitrogens with zero attached hydrogens (tertiary/aromatic N) is 1. The van der Waals surface area contributed by atoms with Crippen LogP contribution in [0.1, 0.15) is 51.3 Å². The normalized spacial score (nSPS) is 19.1. The molecule has 0 aliphatic carbocycles. The predicted octanol–water partition coefficient (Wildman–Crippen LogP) is 3.72. The Morgan fingerprint density at radius 1 is 1.19 bits per heavy atom. The first-order chi connectivity index (χ1) is 15.1. The van der Waals surface area contributed by atoms with E-state index in [1.54, 1.807) is 6.92 Å². The van der Waals surface area contributed by atoms with E-state index in [0.717, 1.165) is 21.3 Å². The number of carbonyl (C=O) groups is 2. The lowest BCUT2D eigenvalue weighted by molar-refractivity contribution is -0.120. The minimum absolute atomic E-state index is 0.00522. The summed E-state index contributed by atoms with van der Waals surface area (Å²) in [6, 6.07) is 15.3. The SMILES string of the molecule is CC(=O)N[C@@H](Cc1ccccc1)[C@H](O)CN[C@@H]1CC(C)(C)N(C(C)=O)c2ccc(Br)cc21. The maximum absolute atomic E-state index is 12.4. The largest absolute Gasteiger partial charge is 0.390 e. The van der Waals surface area contributed by atoms with Gasteiger partial charge in [0.2, 0.25) is 11.8 Å². The second-order valence-corrected chi connectivity index (χ2v) is 10.0. The Balaban J connectivity index is 1.79. The second kappa shape index (κ2) is 10.1. The molecular formula is C25H32BrN3O3. The number of rotatable bonds is 7. The van der Waals surface area contributed by atoms with Crippen molar-refractivity contribution in [1.82, 2.24) is 10.6 Å². The Kier molecular flexibility index (Phi) is 7.75. The van der Waals surface area contributed by atoms with Crippen molar-refractivity contribution < 1.29 is 14.7 Å². The molecule has 0 unspecified atom stereocenters. The first-order valence-electron chi connectivity index (χ1n) is 10.9. The van der Waals surface area contributed by atoms with Crippen LogP contribution in [0.2, 0.25) is 0 Å². The van der Waals surface area contributed by atoms with Gasteiger partial charge in [-0.25, -0.2) is 0 Å². The van der Waals surface area contributed by atoms with E-state index in [0.29, 0.717) is 19.4 Å². The highest BCUT2D eigenvalue weighted by molar-refractivity contribution is 9.10. The predicted molar refractivity (Wildman–Crippen MR) is 130 cm³/mol. The summed E-state index contributed by atoms with van der Waals surface area (Å²) < 4.78 is 0.937.